The SMILES string of the molecule is CCNC(=NCc1ccnc(N2CCCC2)c1)NCCCCSC. The van der Waals surface area contributed by atoms with E-state index in [4.69, 9.17) is 4.99 Å². The molecule has 0 amide bonds. The van der Waals surface area contributed by atoms with Crippen LogP contribution >= 0.6 is 11.8 Å². The quantitative estimate of drug-likeness (QED) is 0.408. The van der Waals surface area contributed by atoms with E-state index >= 15 is 0 Å². The van der Waals surface area contributed by atoms with Crippen LogP contribution in [0.3, 0.4) is 0 Å². The first-order chi connectivity index (χ1) is 11.8. The molecule has 0 bridgehead atoms. The number of anilines is 1. The number of nitrogens with one attached hydrogen (secondary N) is 2. The summed E-state index contributed by atoms with van der Waals surface area (Å²) in [6.07, 6.45) is 9.03. The number of guanidine groups is 1. The first kappa shape index (κ1) is 18.9. The van der Waals surface area contributed by atoms with Gasteiger partial charge in [0.2, 0.25) is 0 Å². The summed E-state index contributed by atoms with van der Waals surface area (Å²) >= 11 is 1.91. The van der Waals surface area contributed by atoms with E-state index in [1.165, 1.54) is 37.0 Å². The van der Waals surface area contributed by atoms with Gasteiger partial charge in [-0.15, -0.1) is 0 Å². The zero-order valence-corrected chi connectivity index (χ0v) is 15.9. The Morgan fingerprint density at radius 1 is 1.29 bits per heavy atom. The smallest absolute Gasteiger partial charge is 0.191 e. The number of hydrogen-bond acceptors (Lipinski definition) is 4. The second-order valence-corrected chi connectivity index (χ2v) is 7.02. The molecule has 0 aromatic carbocycles. The van der Waals surface area contributed by atoms with Gasteiger partial charge >= 0.3 is 0 Å². The number of pyridine rings is 1. The van der Waals surface area contributed by atoms with Gasteiger partial charge in [-0.2, -0.15) is 11.8 Å². The predicted octanol–water partition coefficient (Wildman–Crippen LogP) is 2.88. The normalized spacial score (nSPS) is 14.9. The highest BCUT2D eigenvalue weighted by atomic mass is 32.2. The van der Waals surface area contributed by atoms with Crippen LogP contribution in [-0.4, -0.2) is 49.1 Å². The monoisotopic (exact) mass is 349 g/mol. The molecule has 0 radical (unpaired) electrons. The van der Waals surface area contributed by atoms with E-state index in [0.29, 0.717) is 6.54 Å². The molecule has 1 aliphatic rings. The molecule has 6 heteroatoms. The summed E-state index contributed by atoms with van der Waals surface area (Å²) in [5, 5.41) is 6.74. The van der Waals surface area contributed by atoms with Crippen molar-refractivity contribution in [3.63, 3.8) is 0 Å². The fourth-order valence-electron chi connectivity index (χ4n) is 2.77. The molecular weight excluding hydrogens is 318 g/mol. The zero-order chi connectivity index (χ0) is 17.0. The molecule has 1 fully saturated rings. The maximum Gasteiger partial charge on any atom is 0.191 e. The third-order valence-corrected chi connectivity index (χ3v) is 4.77. The van der Waals surface area contributed by atoms with E-state index in [1.807, 2.05) is 18.0 Å². The highest BCUT2D eigenvalue weighted by molar-refractivity contribution is 7.98. The average Bonchev–Trinajstić information content (AvgIpc) is 3.14. The molecule has 0 unspecified atom stereocenters. The maximum absolute atomic E-state index is 4.71. The van der Waals surface area contributed by atoms with Crippen molar-refractivity contribution in [1.82, 2.24) is 15.6 Å². The summed E-state index contributed by atoms with van der Waals surface area (Å²) in [7, 11) is 0. The fraction of sp³-hybridized carbons (Fsp3) is 0.667. The van der Waals surface area contributed by atoms with E-state index in [0.717, 1.165) is 38.0 Å². The number of nitrogens with zero attached hydrogens (tertiary/aromatic N) is 3. The molecular formula is C18H31N5S. The fourth-order valence-corrected chi connectivity index (χ4v) is 3.26. The molecule has 0 aliphatic carbocycles. The lowest BCUT2D eigenvalue weighted by Crippen LogP contribution is -2.37. The highest BCUT2D eigenvalue weighted by Crippen LogP contribution is 2.18. The lowest BCUT2D eigenvalue weighted by molar-refractivity contribution is 0.734. The number of aromatic nitrogens is 1. The Labute approximate surface area is 150 Å². The van der Waals surface area contributed by atoms with Crippen molar-refractivity contribution in [2.24, 2.45) is 4.99 Å². The van der Waals surface area contributed by atoms with Crippen LogP contribution in [0.1, 0.15) is 38.2 Å². The Hall–Kier alpha value is -1.43. The number of thioether (sulfide) groups is 1. The zero-order valence-electron chi connectivity index (χ0n) is 15.1. The van der Waals surface area contributed by atoms with Gasteiger partial charge in [-0.1, -0.05) is 0 Å². The van der Waals surface area contributed by atoms with Gasteiger partial charge in [0.1, 0.15) is 5.82 Å². The Kier molecular flexibility index (Phi) is 8.81. The van der Waals surface area contributed by atoms with Crippen LogP contribution in [0.15, 0.2) is 23.3 Å². The number of unbranched alkanes of at least 4 members (excludes halogenated alkanes) is 1. The van der Waals surface area contributed by atoms with Crippen molar-refractivity contribution >= 4 is 23.5 Å². The molecule has 1 aromatic heterocycles. The Bertz CT molecular complexity index is 500. The van der Waals surface area contributed by atoms with Crippen LogP contribution in [0.5, 0.6) is 0 Å². The maximum atomic E-state index is 4.71. The molecule has 0 saturated carbocycles. The Morgan fingerprint density at radius 3 is 2.88 bits per heavy atom. The molecule has 2 N–H and O–H groups in total. The van der Waals surface area contributed by atoms with Gasteiger partial charge < -0.3 is 15.5 Å². The molecule has 1 aliphatic heterocycles. The molecule has 2 heterocycles. The summed E-state index contributed by atoms with van der Waals surface area (Å²) in [4.78, 5) is 11.6. The van der Waals surface area contributed by atoms with Crippen LogP contribution in [0.2, 0.25) is 0 Å². The van der Waals surface area contributed by atoms with Gasteiger partial charge in [0, 0.05) is 32.4 Å². The van der Waals surface area contributed by atoms with Crippen LogP contribution in [-0.2, 0) is 6.54 Å². The minimum absolute atomic E-state index is 0.684. The largest absolute Gasteiger partial charge is 0.357 e. The minimum Gasteiger partial charge on any atom is -0.357 e. The molecule has 24 heavy (non-hydrogen) atoms. The Balaban J connectivity index is 1.86. The van der Waals surface area contributed by atoms with Crippen molar-refractivity contribution in [3.8, 4) is 0 Å². The predicted molar refractivity (Wildman–Crippen MR) is 106 cm³/mol. The summed E-state index contributed by atoms with van der Waals surface area (Å²) < 4.78 is 0. The van der Waals surface area contributed by atoms with Gasteiger partial charge in [0.15, 0.2) is 5.96 Å². The Morgan fingerprint density at radius 2 is 2.12 bits per heavy atom. The number of hydrogen-bond donors (Lipinski definition) is 2. The van der Waals surface area contributed by atoms with Gasteiger partial charge in [-0.3, -0.25) is 0 Å². The van der Waals surface area contributed by atoms with Gasteiger partial charge in [-0.25, -0.2) is 9.98 Å². The van der Waals surface area contributed by atoms with Crippen LogP contribution in [0.4, 0.5) is 5.82 Å². The van der Waals surface area contributed by atoms with Crippen molar-refractivity contribution in [2.45, 2.75) is 39.2 Å². The van der Waals surface area contributed by atoms with Crippen LogP contribution in [0.25, 0.3) is 0 Å². The van der Waals surface area contributed by atoms with E-state index in [9.17, 15) is 0 Å². The van der Waals surface area contributed by atoms with E-state index in [2.05, 4.69) is 45.8 Å². The molecule has 0 atom stereocenters. The lowest BCUT2D eigenvalue weighted by atomic mass is 10.2. The van der Waals surface area contributed by atoms with Crippen molar-refractivity contribution in [2.75, 3.05) is 43.1 Å². The first-order valence-corrected chi connectivity index (χ1v) is 10.4. The molecule has 134 valence electrons. The number of rotatable bonds is 9. The summed E-state index contributed by atoms with van der Waals surface area (Å²) in [6, 6.07) is 4.24. The second-order valence-electron chi connectivity index (χ2n) is 6.04. The molecule has 5 nitrogen and oxygen atoms in total. The van der Waals surface area contributed by atoms with Crippen molar-refractivity contribution < 1.29 is 0 Å². The molecule has 0 spiro atoms. The standard InChI is InChI=1S/C18H31N5S/c1-3-19-18(21-9-4-7-13-24-2)22-15-16-8-10-20-17(14-16)23-11-5-6-12-23/h8,10,14H,3-7,9,11-13,15H2,1-2H3,(H2,19,21,22). The van der Waals surface area contributed by atoms with Crippen LogP contribution in [0, 0.1) is 0 Å². The summed E-state index contributed by atoms with van der Waals surface area (Å²) in [6.45, 7) is 6.89. The van der Waals surface area contributed by atoms with Crippen molar-refractivity contribution in [1.29, 1.82) is 0 Å². The molecule has 1 aromatic rings. The highest BCUT2D eigenvalue weighted by Gasteiger charge is 2.13. The summed E-state index contributed by atoms with van der Waals surface area (Å²) in [5.74, 6) is 3.22. The minimum atomic E-state index is 0.684. The van der Waals surface area contributed by atoms with E-state index in [-0.39, 0.29) is 0 Å². The lowest BCUT2D eigenvalue weighted by Gasteiger charge is -2.16. The topological polar surface area (TPSA) is 52.6 Å². The first-order valence-electron chi connectivity index (χ1n) is 9.04. The molecule has 1 saturated heterocycles. The third-order valence-electron chi connectivity index (χ3n) is 4.07. The van der Waals surface area contributed by atoms with Gasteiger partial charge in [-0.05, 0) is 62.3 Å². The van der Waals surface area contributed by atoms with Crippen molar-refractivity contribution in [3.05, 3.63) is 23.9 Å². The number of aliphatic imine (C=N–C) groups is 1. The van der Waals surface area contributed by atoms with E-state index in [1.54, 1.807) is 0 Å². The summed E-state index contributed by atoms with van der Waals surface area (Å²) in [5.41, 5.74) is 1.21. The van der Waals surface area contributed by atoms with E-state index < -0.39 is 0 Å². The van der Waals surface area contributed by atoms with Gasteiger partial charge in [0.05, 0.1) is 6.54 Å². The third kappa shape index (κ3) is 6.59. The average molecular weight is 350 g/mol. The second kappa shape index (κ2) is 11.2. The molecule has 2 rings (SSSR count). The van der Waals surface area contributed by atoms with Crippen LogP contribution < -0.4 is 15.5 Å². The van der Waals surface area contributed by atoms with Gasteiger partial charge in [0.25, 0.3) is 0 Å².